The summed E-state index contributed by atoms with van der Waals surface area (Å²) in [6.45, 7) is 6.19. The third-order valence-corrected chi connectivity index (χ3v) is 3.44. The molecular formula is C15H19N3O2. The van der Waals surface area contributed by atoms with E-state index in [2.05, 4.69) is 24.3 Å². The first-order valence-electron chi connectivity index (χ1n) is 6.73. The highest BCUT2D eigenvalue weighted by Gasteiger charge is 2.12. The Hall–Kier alpha value is -2.17. The van der Waals surface area contributed by atoms with Gasteiger partial charge >= 0.3 is 0 Å². The summed E-state index contributed by atoms with van der Waals surface area (Å²) in [6.07, 6.45) is 1.25. The van der Waals surface area contributed by atoms with E-state index in [1.165, 1.54) is 6.20 Å². The van der Waals surface area contributed by atoms with Crippen molar-refractivity contribution in [2.45, 2.75) is 33.4 Å². The maximum atomic E-state index is 12.0. The molecule has 5 heteroatoms. The molecule has 0 aliphatic carbocycles. The van der Waals surface area contributed by atoms with E-state index in [1.807, 2.05) is 13.0 Å². The van der Waals surface area contributed by atoms with Gasteiger partial charge < -0.3 is 5.32 Å². The predicted octanol–water partition coefficient (Wildman–Crippen LogP) is 1.56. The number of benzene rings is 1. The fourth-order valence-electron chi connectivity index (χ4n) is 1.89. The molecule has 0 radical (unpaired) electrons. The van der Waals surface area contributed by atoms with Gasteiger partial charge in [0.25, 0.3) is 0 Å². The molecule has 0 unspecified atom stereocenters. The van der Waals surface area contributed by atoms with Gasteiger partial charge in [-0.15, -0.1) is 0 Å². The fraction of sp³-hybridized carbons (Fsp3) is 0.400. The van der Waals surface area contributed by atoms with Crippen LogP contribution < -0.4 is 10.7 Å². The highest BCUT2D eigenvalue weighted by molar-refractivity contribution is 5.81. The minimum atomic E-state index is -0.132. The van der Waals surface area contributed by atoms with Crippen molar-refractivity contribution in [2.24, 2.45) is 5.92 Å². The molecule has 5 nitrogen and oxygen atoms in total. The maximum absolute atomic E-state index is 12.0. The van der Waals surface area contributed by atoms with Gasteiger partial charge in [0, 0.05) is 11.4 Å². The first-order chi connectivity index (χ1) is 9.49. The Kier molecular flexibility index (Phi) is 4.17. The van der Waals surface area contributed by atoms with Crippen molar-refractivity contribution in [3.05, 3.63) is 40.7 Å². The van der Waals surface area contributed by atoms with E-state index in [1.54, 1.807) is 22.9 Å². The molecule has 20 heavy (non-hydrogen) atoms. The average molecular weight is 273 g/mol. The SMILES string of the molecule is CC(C)[C@H](C)NC(=O)Cn1ncc(=O)c2ccccc21. The van der Waals surface area contributed by atoms with E-state index in [0.29, 0.717) is 16.8 Å². The van der Waals surface area contributed by atoms with Crippen molar-refractivity contribution in [3.63, 3.8) is 0 Å². The van der Waals surface area contributed by atoms with Crippen LogP contribution in [0, 0.1) is 5.92 Å². The van der Waals surface area contributed by atoms with Crippen molar-refractivity contribution in [2.75, 3.05) is 0 Å². The number of carbonyl (C=O) groups is 1. The molecule has 0 aliphatic heterocycles. The zero-order valence-corrected chi connectivity index (χ0v) is 12.0. The molecule has 1 atom stereocenters. The van der Waals surface area contributed by atoms with Crippen LogP contribution in [-0.2, 0) is 11.3 Å². The molecule has 0 aliphatic rings. The summed E-state index contributed by atoms with van der Waals surface area (Å²) in [6, 6.07) is 7.27. The average Bonchev–Trinajstić information content (AvgIpc) is 2.42. The van der Waals surface area contributed by atoms with Crippen LogP contribution in [0.3, 0.4) is 0 Å². The number of fused-ring (bicyclic) bond motifs is 1. The molecule has 2 aromatic rings. The molecule has 106 valence electrons. The Morgan fingerprint density at radius 3 is 2.70 bits per heavy atom. The van der Waals surface area contributed by atoms with Crippen LogP contribution in [0.1, 0.15) is 20.8 Å². The number of para-hydroxylation sites is 1. The summed E-state index contributed by atoms with van der Waals surface area (Å²) < 4.78 is 1.55. The van der Waals surface area contributed by atoms with Gasteiger partial charge in [0.2, 0.25) is 11.3 Å². The molecule has 2 rings (SSSR count). The van der Waals surface area contributed by atoms with Crippen LogP contribution >= 0.6 is 0 Å². The molecule has 0 saturated carbocycles. The topological polar surface area (TPSA) is 64.0 Å². The number of hydrogen-bond acceptors (Lipinski definition) is 3. The highest BCUT2D eigenvalue weighted by Crippen LogP contribution is 2.07. The summed E-state index contributed by atoms with van der Waals surface area (Å²) in [4.78, 5) is 23.7. The van der Waals surface area contributed by atoms with Gasteiger partial charge in [-0.25, -0.2) is 0 Å². The number of rotatable bonds is 4. The summed E-state index contributed by atoms with van der Waals surface area (Å²) in [7, 11) is 0. The second kappa shape index (κ2) is 5.86. The van der Waals surface area contributed by atoms with E-state index in [9.17, 15) is 9.59 Å². The minimum Gasteiger partial charge on any atom is -0.352 e. The first-order valence-corrected chi connectivity index (χ1v) is 6.73. The standard InChI is InChI=1S/C15H19N3O2/c1-10(2)11(3)17-15(20)9-18-13-7-5-4-6-12(13)14(19)8-16-18/h4-8,10-11H,9H2,1-3H3,(H,17,20)/t11-/m0/s1. The van der Waals surface area contributed by atoms with Crippen molar-refractivity contribution in [3.8, 4) is 0 Å². The Labute approximate surface area is 117 Å². The number of aromatic nitrogens is 2. The number of nitrogens with zero attached hydrogens (tertiary/aromatic N) is 2. The molecule has 0 fully saturated rings. The largest absolute Gasteiger partial charge is 0.352 e. The molecule has 1 aromatic carbocycles. The second-order valence-corrected chi connectivity index (χ2v) is 5.28. The van der Waals surface area contributed by atoms with E-state index in [-0.39, 0.29) is 23.9 Å². The van der Waals surface area contributed by atoms with Crippen LogP contribution in [0.25, 0.3) is 10.9 Å². The zero-order valence-electron chi connectivity index (χ0n) is 12.0. The van der Waals surface area contributed by atoms with Crippen molar-refractivity contribution in [1.29, 1.82) is 0 Å². The fourth-order valence-corrected chi connectivity index (χ4v) is 1.89. The first kappa shape index (κ1) is 14.2. The van der Waals surface area contributed by atoms with Crippen LogP contribution in [0.15, 0.2) is 35.3 Å². The molecular weight excluding hydrogens is 254 g/mol. The van der Waals surface area contributed by atoms with Crippen LogP contribution in [0.4, 0.5) is 0 Å². The van der Waals surface area contributed by atoms with Crippen LogP contribution in [0.2, 0.25) is 0 Å². The number of nitrogens with one attached hydrogen (secondary N) is 1. The molecule has 0 bridgehead atoms. The smallest absolute Gasteiger partial charge is 0.241 e. The number of hydrogen-bond donors (Lipinski definition) is 1. The monoisotopic (exact) mass is 273 g/mol. The quantitative estimate of drug-likeness (QED) is 0.919. The van der Waals surface area contributed by atoms with E-state index in [0.717, 1.165) is 0 Å². The van der Waals surface area contributed by atoms with Crippen molar-refractivity contribution in [1.82, 2.24) is 15.1 Å². The van der Waals surface area contributed by atoms with Gasteiger partial charge in [0.15, 0.2) is 0 Å². The van der Waals surface area contributed by atoms with Crippen LogP contribution in [0.5, 0.6) is 0 Å². The maximum Gasteiger partial charge on any atom is 0.241 e. The number of amides is 1. The van der Waals surface area contributed by atoms with Gasteiger partial charge in [0.05, 0.1) is 11.7 Å². The minimum absolute atomic E-state index is 0.104. The normalized spacial score (nSPS) is 12.6. The Morgan fingerprint density at radius 2 is 2.00 bits per heavy atom. The van der Waals surface area contributed by atoms with Gasteiger partial charge in [-0.1, -0.05) is 26.0 Å². The third kappa shape index (κ3) is 3.04. The van der Waals surface area contributed by atoms with E-state index >= 15 is 0 Å². The Balaban J connectivity index is 2.24. The van der Waals surface area contributed by atoms with Gasteiger partial charge in [-0.05, 0) is 25.0 Å². The summed E-state index contributed by atoms with van der Waals surface area (Å²) in [5.41, 5.74) is 0.542. The lowest BCUT2D eigenvalue weighted by Gasteiger charge is -2.18. The molecule has 0 saturated heterocycles. The zero-order chi connectivity index (χ0) is 14.7. The molecule has 1 heterocycles. The third-order valence-electron chi connectivity index (χ3n) is 3.44. The lowest BCUT2D eigenvalue weighted by Crippen LogP contribution is -2.38. The predicted molar refractivity (Wildman–Crippen MR) is 78.4 cm³/mol. The van der Waals surface area contributed by atoms with Gasteiger partial charge in [-0.3, -0.25) is 14.3 Å². The summed E-state index contributed by atoms with van der Waals surface area (Å²) in [5, 5.41) is 7.55. The highest BCUT2D eigenvalue weighted by atomic mass is 16.2. The Morgan fingerprint density at radius 1 is 1.30 bits per heavy atom. The molecule has 1 aromatic heterocycles. The van der Waals surface area contributed by atoms with Gasteiger partial charge in [-0.2, -0.15) is 5.10 Å². The second-order valence-electron chi connectivity index (χ2n) is 5.28. The van der Waals surface area contributed by atoms with Crippen LogP contribution in [-0.4, -0.2) is 21.7 Å². The molecule has 0 spiro atoms. The van der Waals surface area contributed by atoms with Crippen molar-refractivity contribution < 1.29 is 4.79 Å². The molecule has 1 N–H and O–H groups in total. The van der Waals surface area contributed by atoms with E-state index < -0.39 is 0 Å². The van der Waals surface area contributed by atoms with Crippen molar-refractivity contribution >= 4 is 16.8 Å². The number of carbonyl (C=O) groups excluding carboxylic acids is 1. The van der Waals surface area contributed by atoms with E-state index in [4.69, 9.17) is 0 Å². The lowest BCUT2D eigenvalue weighted by atomic mass is 10.1. The van der Waals surface area contributed by atoms with Gasteiger partial charge in [0.1, 0.15) is 6.54 Å². The summed E-state index contributed by atoms with van der Waals surface area (Å²) >= 11 is 0. The Bertz CT molecular complexity index is 676. The lowest BCUT2D eigenvalue weighted by molar-refractivity contribution is -0.122. The molecule has 1 amide bonds. The summed E-state index contributed by atoms with van der Waals surface area (Å²) in [5.74, 6) is 0.269.